The highest BCUT2D eigenvalue weighted by Gasteiger charge is 2.20. The molecule has 2 unspecified atom stereocenters. The molecule has 0 spiro atoms. The molecule has 0 aliphatic rings. The van der Waals surface area contributed by atoms with Crippen molar-refractivity contribution in [2.75, 3.05) is 24.7 Å². The fraction of sp³-hybridized carbons (Fsp3) is 0.652. The van der Waals surface area contributed by atoms with Gasteiger partial charge in [-0.1, -0.05) is 29.3 Å². The van der Waals surface area contributed by atoms with E-state index in [1.54, 1.807) is 13.8 Å². The van der Waals surface area contributed by atoms with Crippen LogP contribution in [0.2, 0.25) is 0 Å². The lowest BCUT2D eigenvalue weighted by Gasteiger charge is -2.11. The normalized spacial score (nSPS) is 13.7. The minimum atomic E-state index is -3.05. The number of carboxylic acid groups (broad SMARTS) is 1. The molecule has 0 fully saturated rings. The van der Waals surface area contributed by atoms with E-state index in [0.29, 0.717) is 50.2 Å². The molecule has 206 valence electrons. The summed E-state index contributed by atoms with van der Waals surface area (Å²) in [6.07, 6.45) is 7.50. The van der Waals surface area contributed by atoms with Gasteiger partial charge in [-0.05, 0) is 39.3 Å². The van der Waals surface area contributed by atoms with Crippen LogP contribution in [0, 0.1) is 12.1 Å². The summed E-state index contributed by atoms with van der Waals surface area (Å²) in [6.45, 7) is 3.30. The standard InChI is InChI=1S/C12H21O4PS.C11H17O5PS/c1-4-16-17(15,5-2)18-10-6-7-12(14)9-8-11(3)13;1-3-16-17(15,4-2)18-9-5-6-10(12)7-8-11(13)14/h5H,2,4,6-10H2,1,3H3;2H,3,5-9H2,1H3,(H,13,14). The van der Waals surface area contributed by atoms with Gasteiger partial charge in [-0.25, -0.2) is 0 Å². The molecule has 0 radical (unpaired) electrons. The van der Waals surface area contributed by atoms with Gasteiger partial charge in [0, 0.05) is 49.4 Å². The summed E-state index contributed by atoms with van der Waals surface area (Å²) in [4.78, 5) is 43.6. The summed E-state index contributed by atoms with van der Waals surface area (Å²) in [6, 6.07) is 0. The largest absolute Gasteiger partial charge is 0.481 e. The number of hydrogen-bond donors (Lipinski definition) is 1. The molecule has 0 aliphatic heterocycles. The molecule has 9 nitrogen and oxygen atoms in total. The van der Waals surface area contributed by atoms with Gasteiger partial charge < -0.3 is 18.9 Å². The first kappa shape index (κ1) is 37.0. The van der Waals surface area contributed by atoms with Crippen molar-refractivity contribution >= 4 is 59.2 Å². The lowest BCUT2D eigenvalue weighted by Crippen LogP contribution is -2.03. The molecule has 0 aromatic carbocycles. The Kier molecular flexibility index (Phi) is 22.5. The Bertz CT molecular complexity index is 853. The van der Waals surface area contributed by atoms with Crippen molar-refractivity contribution in [3.63, 3.8) is 0 Å². The summed E-state index contributed by atoms with van der Waals surface area (Å²) in [5.74, 6) is 1.42. The molecule has 0 saturated heterocycles. The molecule has 36 heavy (non-hydrogen) atoms. The minimum absolute atomic E-state index is 0.0326. The van der Waals surface area contributed by atoms with Crippen LogP contribution in [0.25, 0.3) is 0 Å². The van der Waals surface area contributed by atoms with Crippen LogP contribution in [0.3, 0.4) is 0 Å². The third kappa shape index (κ3) is 22.1. The summed E-state index contributed by atoms with van der Waals surface area (Å²) in [5.41, 5.74) is 2.14. The highest BCUT2D eigenvalue weighted by molar-refractivity contribution is 8.58. The van der Waals surface area contributed by atoms with E-state index in [0.717, 1.165) is 11.4 Å². The maximum absolute atomic E-state index is 11.9. The molecule has 2 atom stereocenters. The summed E-state index contributed by atoms with van der Waals surface area (Å²) in [7, 11) is 0. The molecule has 1 N–H and O–H groups in total. The third-order valence-electron chi connectivity index (χ3n) is 4.10. The third-order valence-corrected chi connectivity index (χ3v) is 12.3. The zero-order valence-electron chi connectivity index (χ0n) is 21.3. The van der Waals surface area contributed by atoms with Gasteiger partial charge in [0.2, 0.25) is 0 Å². The van der Waals surface area contributed by atoms with E-state index in [9.17, 15) is 28.3 Å². The average Bonchev–Trinajstić information content (AvgIpc) is 2.82. The molecule has 0 bridgehead atoms. The van der Waals surface area contributed by atoms with Gasteiger partial charge >= 0.3 is 12.5 Å². The highest BCUT2D eigenvalue weighted by Crippen LogP contribution is 2.60. The smallest absolute Gasteiger partial charge is 0.329 e. The molecule has 13 heteroatoms. The Morgan fingerprint density at radius 2 is 1.39 bits per heavy atom. The zero-order valence-corrected chi connectivity index (χ0v) is 24.7. The number of ketones is 3. The van der Waals surface area contributed by atoms with Gasteiger partial charge in [0.1, 0.15) is 17.3 Å². The van der Waals surface area contributed by atoms with E-state index in [1.807, 2.05) is 0 Å². The predicted molar refractivity (Wildman–Crippen MR) is 148 cm³/mol. The number of carbonyl (C=O) groups excluding carboxylic acids is 3. The summed E-state index contributed by atoms with van der Waals surface area (Å²) >= 11 is 2.25. The van der Waals surface area contributed by atoms with E-state index in [1.165, 1.54) is 24.1 Å². The maximum Gasteiger partial charge on any atom is 0.329 e. The second kappa shape index (κ2) is 21.9. The van der Waals surface area contributed by atoms with Gasteiger partial charge in [-0.15, -0.1) is 6.42 Å². The van der Waals surface area contributed by atoms with E-state index in [2.05, 4.69) is 12.2 Å². The molecule has 0 amide bonds. The second-order valence-electron chi connectivity index (χ2n) is 7.23. The van der Waals surface area contributed by atoms with Crippen LogP contribution in [0.5, 0.6) is 0 Å². The Labute approximate surface area is 222 Å². The zero-order chi connectivity index (χ0) is 28.0. The van der Waals surface area contributed by atoms with Crippen LogP contribution < -0.4 is 0 Å². The van der Waals surface area contributed by atoms with Crippen molar-refractivity contribution in [1.82, 2.24) is 0 Å². The van der Waals surface area contributed by atoms with Crippen molar-refractivity contribution in [3.05, 3.63) is 12.4 Å². The van der Waals surface area contributed by atoms with Crippen LogP contribution in [0.15, 0.2) is 12.4 Å². The first-order valence-corrected chi connectivity index (χ1v) is 18.0. The van der Waals surface area contributed by atoms with E-state index in [-0.39, 0.29) is 43.2 Å². The van der Waals surface area contributed by atoms with Crippen LogP contribution in [-0.4, -0.2) is 53.1 Å². The van der Waals surface area contributed by atoms with Crippen LogP contribution in [0.1, 0.15) is 72.1 Å². The number of terminal acetylenes is 1. The first-order chi connectivity index (χ1) is 16.9. The molecular formula is C23H38O9P2S2. The number of hydrogen-bond acceptors (Lipinski definition) is 10. The van der Waals surface area contributed by atoms with Gasteiger partial charge in [0.05, 0.1) is 19.6 Å². The van der Waals surface area contributed by atoms with E-state index < -0.39 is 19.1 Å². The number of carbonyl (C=O) groups is 4. The molecule has 0 aromatic rings. The fourth-order valence-corrected chi connectivity index (χ4v) is 8.46. The SMILES string of the molecule is C#CP(=O)(OCC)SCCCC(=O)CCC(=O)O.C=CP(=O)(OCC)SCCCC(=O)CCC(C)=O. The van der Waals surface area contributed by atoms with Crippen molar-refractivity contribution in [3.8, 4) is 12.1 Å². The Morgan fingerprint density at radius 1 is 0.889 bits per heavy atom. The van der Waals surface area contributed by atoms with Crippen molar-refractivity contribution in [2.45, 2.75) is 72.1 Å². The molecule has 0 rings (SSSR count). The topological polar surface area (TPSA) is 141 Å². The second-order valence-corrected chi connectivity index (χ2v) is 16.3. The Hall–Kier alpha value is -1.14. The molecule has 0 aromatic heterocycles. The number of rotatable bonds is 21. The van der Waals surface area contributed by atoms with Gasteiger partial charge in [0.25, 0.3) is 6.57 Å². The van der Waals surface area contributed by atoms with Crippen molar-refractivity contribution < 1.29 is 42.5 Å². The molecule has 0 aliphatic carbocycles. The number of Topliss-reactive ketones (excluding diaryl/α,β-unsaturated/α-hetero) is 3. The molecular weight excluding hydrogens is 546 g/mol. The van der Waals surface area contributed by atoms with Gasteiger partial charge in [-0.2, -0.15) is 0 Å². The number of carboxylic acids is 1. The van der Waals surface area contributed by atoms with Crippen LogP contribution >= 0.6 is 35.9 Å². The minimum Gasteiger partial charge on any atom is -0.481 e. The van der Waals surface area contributed by atoms with Crippen molar-refractivity contribution in [2.24, 2.45) is 0 Å². The van der Waals surface area contributed by atoms with Crippen LogP contribution in [-0.2, 0) is 37.4 Å². The Morgan fingerprint density at radius 3 is 1.81 bits per heavy atom. The Balaban J connectivity index is 0. The first-order valence-electron chi connectivity index (χ1n) is 11.5. The lowest BCUT2D eigenvalue weighted by atomic mass is 10.1. The molecule has 0 saturated carbocycles. The highest BCUT2D eigenvalue weighted by atomic mass is 32.7. The monoisotopic (exact) mass is 584 g/mol. The fourth-order valence-electron chi connectivity index (χ4n) is 2.33. The predicted octanol–water partition coefficient (Wildman–Crippen LogP) is 6.57. The van der Waals surface area contributed by atoms with Gasteiger partial charge in [-0.3, -0.25) is 23.5 Å². The summed E-state index contributed by atoms with van der Waals surface area (Å²) < 4.78 is 33.8. The average molecular weight is 585 g/mol. The molecule has 0 heterocycles. The van der Waals surface area contributed by atoms with Crippen molar-refractivity contribution in [1.29, 1.82) is 0 Å². The maximum atomic E-state index is 11.9. The lowest BCUT2D eigenvalue weighted by molar-refractivity contribution is -0.138. The van der Waals surface area contributed by atoms with Crippen LogP contribution in [0.4, 0.5) is 0 Å². The van der Waals surface area contributed by atoms with E-state index in [4.69, 9.17) is 20.6 Å². The quantitative estimate of drug-likeness (QED) is 0.0890. The van der Waals surface area contributed by atoms with Gasteiger partial charge in [0.15, 0.2) is 0 Å². The van der Waals surface area contributed by atoms with E-state index >= 15 is 0 Å². The summed E-state index contributed by atoms with van der Waals surface area (Å²) in [5, 5.41) is 8.40. The number of aliphatic carboxylic acids is 1.